The van der Waals surface area contributed by atoms with Gasteiger partial charge in [0.05, 0.1) is 6.10 Å². The molecule has 1 fully saturated rings. The van der Waals surface area contributed by atoms with Crippen LogP contribution in [0.2, 0.25) is 0 Å². The molecule has 0 bridgehead atoms. The number of aliphatic hydroxyl groups is 2. The summed E-state index contributed by atoms with van der Waals surface area (Å²) in [6, 6.07) is 0. The second-order valence-corrected chi connectivity index (χ2v) is 7.47. The molecule has 0 aliphatic heterocycles. The minimum absolute atomic E-state index is 0.103. The van der Waals surface area contributed by atoms with Gasteiger partial charge in [0, 0.05) is 6.61 Å². The maximum absolute atomic E-state index is 10.2. The molecule has 1 saturated carbocycles. The Kier molecular flexibility index (Phi) is 12.1. The van der Waals surface area contributed by atoms with Crippen molar-refractivity contribution in [1.82, 2.24) is 0 Å². The van der Waals surface area contributed by atoms with Gasteiger partial charge in [-0.3, -0.25) is 0 Å². The molecule has 132 valence electrons. The van der Waals surface area contributed by atoms with Crippen molar-refractivity contribution in [1.29, 1.82) is 0 Å². The summed E-state index contributed by atoms with van der Waals surface area (Å²) in [5.41, 5.74) is 0. The van der Waals surface area contributed by atoms with E-state index in [2.05, 4.69) is 6.92 Å². The SMILES string of the molecule is CCCCCCCC[C@H]1CCC[C@@H]1CC(O)CCCCCO. The molecule has 0 aromatic rings. The molecule has 0 saturated heterocycles. The molecule has 0 amide bonds. The number of unbranched alkanes of at least 4 members (excludes halogenated alkanes) is 7. The fourth-order valence-corrected chi connectivity index (χ4v) is 4.13. The van der Waals surface area contributed by atoms with Crippen LogP contribution in [0.4, 0.5) is 0 Å². The normalized spacial score (nSPS) is 23.0. The summed E-state index contributed by atoms with van der Waals surface area (Å²) in [5.74, 6) is 1.67. The van der Waals surface area contributed by atoms with E-state index in [1.165, 1.54) is 64.2 Å². The van der Waals surface area contributed by atoms with Gasteiger partial charge in [-0.15, -0.1) is 0 Å². The summed E-state index contributed by atoms with van der Waals surface area (Å²) in [4.78, 5) is 0. The summed E-state index contributed by atoms with van der Waals surface area (Å²) < 4.78 is 0. The van der Waals surface area contributed by atoms with E-state index in [-0.39, 0.29) is 6.10 Å². The van der Waals surface area contributed by atoms with Gasteiger partial charge in [0.2, 0.25) is 0 Å². The number of hydrogen-bond donors (Lipinski definition) is 2. The van der Waals surface area contributed by atoms with Gasteiger partial charge in [0.1, 0.15) is 0 Å². The third-order valence-electron chi connectivity index (χ3n) is 5.52. The largest absolute Gasteiger partial charge is 0.396 e. The van der Waals surface area contributed by atoms with Crippen LogP contribution < -0.4 is 0 Å². The van der Waals surface area contributed by atoms with Gasteiger partial charge in [0.15, 0.2) is 0 Å². The van der Waals surface area contributed by atoms with Crippen LogP contribution >= 0.6 is 0 Å². The van der Waals surface area contributed by atoms with Crippen LogP contribution in [0.5, 0.6) is 0 Å². The lowest BCUT2D eigenvalue weighted by Gasteiger charge is -2.22. The maximum atomic E-state index is 10.2. The smallest absolute Gasteiger partial charge is 0.0543 e. The van der Waals surface area contributed by atoms with E-state index < -0.39 is 0 Å². The molecule has 2 heteroatoms. The van der Waals surface area contributed by atoms with Gasteiger partial charge in [0.25, 0.3) is 0 Å². The molecule has 2 nitrogen and oxygen atoms in total. The molecule has 0 aromatic carbocycles. The van der Waals surface area contributed by atoms with Crippen molar-refractivity contribution in [2.75, 3.05) is 6.61 Å². The van der Waals surface area contributed by atoms with Crippen molar-refractivity contribution >= 4 is 0 Å². The highest BCUT2D eigenvalue weighted by atomic mass is 16.3. The lowest BCUT2D eigenvalue weighted by molar-refractivity contribution is 0.117. The number of aliphatic hydroxyl groups excluding tert-OH is 2. The number of hydrogen-bond acceptors (Lipinski definition) is 2. The second kappa shape index (κ2) is 13.4. The lowest BCUT2D eigenvalue weighted by Crippen LogP contribution is -2.17. The average molecular weight is 313 g/mol. The first-order valence-corrected chi connectivity index (χ1v) is 10.1. The van der Waals surface area contributed by atoms with Crippen molar-refractivity contribution in [3.63, 3.8) is 0 Å². The Labute approximate surface area is 138 Å². The van der Waals surface area contributed by atoms with E-state index in [1.54, 1.807) is 0 Å². The Morgan fingerprint density at radius 3 is 2.32 bits per heavy atom. The predicted octanol–water partition coefficient (Wildman–Crippen LogP) is 5.46. The average Bonchev–Trinajstić information content (AvgIpc) is 2.94. The van der Waals surface area contributed by atoms with E-state index in [0.717, 1.165) is 43.9 Å². The van der Waals surface area contributed by atoms with Gasteiger partial charge >= 0.3 is 0 Å². The van der Waals surface area contributed by atoms with E-state index in [1.807, 2.05) is 0 Å². The molecule has 1 unspecified atom stereocenters. The quantitative estimate of drug-likeness (QED) is 0.418. The third-order valence-corrected chi connectivity index (χ3v) is 5.52. The summed E-state index contributed by atoms with van der Waals surface area (Å²) >= 11 is 0. The molecule has 0 aromatic heterocycles. The first-order chi connectivity index (χ1) is 10.8. The molecular weight excluding hydrogens is 272 g/mol. The molecule has 3 atom stereocenters. The zero-order chi connectivity index (χ0) is 16.0. The highest BCUT2D eigenvalue weighted by Crippen LogP contribution is 2.38. The van der Waals surface area contributed by atoms with Crippen molar-refractivity contribution in [3.05, 3.63) is 0 Å². The standard InChI is InChI=1S/C20H40O2/c1-2-3-4-5-6-8-12-18-13-11-14-19(18)17-20(22)15-9-7-10-16-21/h18-22H,2-17H2,1H3/t18-,19+,20?/m0/s1. The highest BCUT2D eigenvalue weighted by molar-refractivity contribution is 4.79. The minimum Gasteiger partial charge on any atom is -0.396 e. The molecule has 22 heavy (non-hydrogen) atoms. The zero-order valence-electron chi connectivity index (χ0n) is 14.9. The van der Waals surface area contributed by atoms with Crippen LogP contribution in [0.25, 0.3) is 0 Å². The lowest BCUT2D eigenvalue weighted by atomic mass is 9.86. The van der Waals surface area contributed by atoms with Gasteiger partial charge in [-0.2, -0.15) is 0 Å². The molecule has 2 N–H and O–H groups in total. The molecule has 1 rings (SSSR count). The molecule has 0 radical (unpaired) electrons. The van der Waals surface area contributed by atoms with Crippen LogP contribution in [-0.4, -0.2) is 22.9 Å². The number of rotatable bonds is 14. The van der Waals surface area contributed by atoms with E-state index >= 15 is 0 Å². The van der Waals surface area contributed by atoms with Crippen LogP contribution in [0, 0.1) is 11.8 Å². The summed E-state index contributed by atoms with van der Waals surface area (Å²) in [6.07, 6.45) is 18.7. The molecule has 1 aliphatic carbocycles. The van der Waals surface area contributed by atoms with E-state index in [4.69, 9.17) is 5.11 Å². The van der Waals surface area contributed by atoms with Gasteiger partial charge < -0.3 is 10.2 Å². The summed E-state index contributed by atoms with van der Waals surface area (Å²) in [7, 11) is 0. The van der Waals surface area contributed by atoms with Crippen molar-refractivity contribution in [2.24, 2.45) is 11.8 Å². The second-order valence-electron chi connectivity index (χ2n) is 7.47. The fraction of sp³-hybridized carbons (Fsp3) is 1.00. The first kappa shape index (κ1) is 20.0. The predicted molar refractivity (Wildman–Crippen MR) is 95.0 cm³/mol. The van der Waals surface area contributed by atoms with Crippen LogP contribution in [0.1, 0.15) is 103 Å². The summed E-state index contributed by atoms with van der Waals surface area (Å²) in [5, 5.41) is 19.0. The Bertz CT molecular complexity index is 242. The Morgan fingerprint density at radius 2 is 1.55 bits per heavy atom. The molecule has 0 heterocycles. The van der Waals surface area contributed by atoms with Crippen molar-refractivity contribution < 1.29 is 10.2 Å². The Morgan fingerprint density at radius 1 is 0.864 bits per heavy atom. The fourth-order valence-electron chi connectivity index (χ4n) is 4.13. The maximum Gasteiger partial charge on any atom is 0.0543 e. The molecule has 0 spiro atoms. The zero-order valence-corrected chi connectivity index (χ0v) is 14.9. The monoisotopic (exact) mass is 312 g/mol. The first-order valence-electron chi connectivity index (χ1n) is 10.1. The topological polar surface area (TPSA) is 40.5 Å². The highest BCUT2D eigenvalue weighted by Gasteiger charge is 2.28. The minimum atomic E-state index is -0.103. The Hall–Kier alpha value is -0.0800. The van der Waals surface area contributed by atoms with Crippen molar-refractivity contribution in [3.8, 4) is 0 Å². The van der Waals surface area contributed by atoms with Gasteiger partial charge in [-0.05, 0) is 31.1 Å². The van der Waals surface area contributed by atoms with Crippen LogP contribution in [0.15, 0.2) is 0 Å². The summed E-state index contributed by atoms with van der Waals surface area (Å²) in [6.45, 7) is 2.57. The van der Waals surface area contributed by atoms with Gasteiger partial charge in [-0.1, -0.05) is 84.0 Å². The van der Waals surface area contributed by atoms with Gasteiger partial charge in [-0.25, -0.2) is 0 Å². The van der Waals surface area contributed by atoms with Crippen LogP contribution in [-0.2, 0) is 0 Å². The Balaban J connectivity index is 2.08. The van der Waals surface area contributed by atoms with E-state index in [0.29, 0.717) is 6.61 Å². The van der Waals surface area contributed by atoms with Crippen molar-refractivity contribution in [2.45, 2.75) is 109 Å². The molecular formula is C20H40O2. The van der Waals surface area contributed by atoms with E-state index in [9.17, 15) is 5.11 Å². The third kappa shape index (κ3) is 9.15. The van der Waals surface area contributed by atoms with Crippen LogP contribution in [0.3, 0.4) is 0 Å². The molecule has 1 aliphatic rings.